The van der Waals surface area contributed by atoms with Crippen molar-refractivity contribution >= 4 is 23.3 Å². The summed E-state index contributed by atoms with van der Waals surface area (Å²) in [6, 6.07) is 4.77. The van der Waals surface area contributed by atoms with Crippen molar-refractivity contribution in [1.82, 2.24) is 0 Å². The molecule has 1 aromatic carbocycles. The topological polar surface area (TPSA) is 61.8 Å². The van der Waals surface area contributed by atoms with E-state index in [2.05, 4.69) is 10.1 Å². The zero-order valence-electron chi connectivity index (χ0n) is 10.1. The maximum absolute atomic E-state index is 13.3. The number of anilines is 1. The summed E-state index contributed by atoms with van der Waals surface area (Å²) in [5, 5.41) is 11.7. The van der Waals surface area contributed by atoms with Gasteiger partial charge < -0.3 is 15.8 Å². The van der Waals surface area contributed by atoms with Gasteiger partial charge in [-0.25, -0.2) is 4.39 Å². The summed E-state index contributed by atoms with van der Waals surface area (Å²) >= 11 is 1.90. The fourth-order valence-corrected chi connectivity index (χ4v) is 3.37. The number of nitrogens with zero attached hydrogens (tertiary/aromatic N) is 2. The van der Waals surface area contributed by atoms with Gasteiger partial charge in [-0.05, 0) is 30.4 Å². The van der Waals surface area contributed by atoms with Crippen LogP contribution in [-0.4, -0.2) is 35.6 Å². The molecule has 0 aromatic heterocycles. The van der Waals surface area contributed by atoms with Crippen molar-refractivity contribution in [3.63, 3.8) is 0 Å². The van der Waals surface area contributed by atoms with Crippen LogP contribution in [0.1, 0.15) is 12.0 Å². The van der Waals surface area contributed by atoms with E-state index in [0.29, 0.717) is 11.6 Å². The molecule has 2 rings (SSSR count). The van der Waals surface area contributed by atoms with Crippen LogP contribution in [0.3, 0.4) is 0 Å². The maximum atomic E-state index is 13.3. The summed E-state index contributed by atoms with van der Waals surface area (Å²) in [6.07, 6.45) is 1.09. The van der Waals surface area contributed by atoms with Crippen molar-refractivity contribution in [2.24, 2.45) is 10.9 Å². The summed E-state index contributed by atoms with van der Waals surface area (Å²) in [5.41, 5.74) is 6.82. The third kappa shape index (κ3) is 2.53. The second-order valence-corrected chi connectivity index (χ2v) is 5.42. The lowest BCUT2D eigenvalue weighted by Gasteiger charge is -2.28. The lowest BCUT2D eigenvalue weighted by Crippen LogP contribution is -2.33. The van der Waals surface area contributed by atoms with E-state index in [4.69, 9.17) is 10.9 Å². The number of nitrogens with two attached hydrogens (primary N) is 1. The summed E-state index contributed by atoms with van der Waals surface area (Å²) in [7, 11) is 1.96. The van der Waals surface area contributed by atoms with Gasteiger partial charge in [-0.1, -0.05) is 5.16 Å². The van der Waals surface area contributed by atoms with Gasteiger partial charge in [0.1, 0.15) is 5.82 Å². The van der Waals surface area contributed by atoms with Crippen LogP contribution >= 0.6 is 11.8 Å². The Hall–Kier alpha value is -1.43. The molecular formula is C12H16FN3OS. The Bertz CT molecular complexity index is 461. The standard InChI is InChI=1S/C12H16FN3OS/c1-16(9-4-5-18-7-9)11-3-2-8(13)6-10(11)12(14)15-17/h2-3,6,9,17H,4-5,7H2,1H3,(H2,14,15). The number of thioether (sulfide) groups is 1. The molecular weight excluding hydrogens is 253 g/mol. The lowest BCUT2D eigenvalue weighted by atomic mass is 10.1. The number of oxime groups is 1. The second-order valence-electron chi connectivity index (χ2n) is 4.28. The summed E-state index contributed by atoms with van der Waals surface area (Å²) in [6.45, 7) is 0. The number of hydrogen-bond donors (Lipinski definition) is 2. The molecule has 1 fully saturated rings. The first-order valence-corrected chi connectivity index (χ1v) is 6.87. The van der Waals surface area contributed by atoms with E-state index in [1.54, 1.807) is 6.07 Å². The number of rotatable bonds is 3. The predicted molar refractivity (Wildman–Crippen MR) is 73.0 cm³/mol. The molecule has 0 aliphatic carbocycles. The highest BCUT2D eigenvalue weighted by molar-refractivity contribution is 7.99. The largest absolute Gasteiger partial charge is 0.409 e. The minimum Gasteiger partial charge on any atom is -0.409 e. The number of halogens is 1. The van der Waals surface area contributed by atoms with Gasteiger partial charge in [0.15, 0.2) is 5.84 Å². The monoisotopic (exact) mass is 269 g/mol. The third-order valence-electron chi connectivity index (χ3n) is 3.18. The Morgan fingerprint density at radius 1 is 1.61 bits per heavy atom. The van der Waals surface area contributed by atoms with Crippen LogP contribution in [-0.2, 0) is 0 Å². The average molecular weight is 269 g/mol. The van der Waals surface area contributed by atoms with Crippen LogP contribution < -0.4 is 10.6 Å². The molecule has 1 heterocycles. The molecule has 0 radical (unpaired) electrons. The van der Waals surface area contributed by atoms with E-state index in [-0.39, 0.29) is 5.84 Å². The van der Waals surface area contributed by atoms with Gasteiger partial charge in [0, 0.05) is 30.1 Å². The molecule has 1 unspecified atom stereocenters. The summed E-state index contributed by atoms with van der Waals surface area (Å²) in [4.78, 5) is 2.08. The molecule has 1 atom stereocenters. The van der Waals surface area contributed by atoms with Gasteiger partial charge in [0.25, 0.3) is 0 Å². The van der Waals surface area contributed by atoms with Gasteiger partial charge >= 0.3 is 0 Å². The molecule has 0 saturated carbocycles. The van der Waals surface area contributed by atoms with Crippen LogP contribution in [0, 0.1) is 5.82 Å². The minimum atomic E-state index is -0.394. The van der Waals surface area contributed by atoms with E-state index >= 15 is 0 Å². The summed E-state index contributed by atoms with van der Waals surface area (Å²) < 4.78 is 13.3. The Morgan fingerprint density at radius 2 is 2.39 bits per heavy atom. The Morgan fingerprint density at radius 3 is 3.00 bits per heavy atom. The fourth-order valence-electron chi connectivity index (χ4n) is 2.10. The number of benzene rings is 1. The molecule has 0 bridgehead atoms. The van der Waals surface area contributed by atoms with Gasteiger partial charge in [-0.2, -0.15) is 11.8 Å². The molecule has 0 spiro atoms. The Kier molecular flexibility index (Phi) is 3.96. The molecule has 6 heteroatoms. The highest BCUT2D eigenvalue weighted by atomic mass is 32.2. The maximum Gasteiger partial charge on any atom is 0.172 e. The minimum absolute atomic E-state index is 0.0676. The normalized spacial score (nSPS) is 20.1. The van der Waals surface area contributed by atoms with Gasteiger partial charge in [-0.3, -0.25) is 0 Å². The molecule has 1 aromatic rings. The van der Waals surface area contributed by atoms with Crippen LogP contribution in [0.15, 0.2) is 23.4 Å². The van der Waals surface area contributed by atoms with Crippen LogP contribution in [0.5, 0.6) is 0 Å². The van der Waals surface area contributed by atoms with E-state index in [0.717, 1.165) is 23.6 Å². The first kappa shape index (κ1) is 13.0. The average Bonchev–Trinajstić information content (AvgIpc) is 2.90. The third-order valence-corrected chi connectivity index (χ3v) is 4.32. The Labute approximate surface area is 110 Å². The first-order chi connectivity index (χ1) is 8.63. The van der Waals surface area contributed by atoms with Gasteiger partial charge in [0.2, 0.25) is 0 Å². The zero-order valence-corrected chi connectivity index (χ0v) is 11.0. The molecule has 1 aliphatic rings. The molecule has 3 N–H and O–H groups in total. The second kappa shape index (κ2) is 5.48. The fraction of sp³-hybridized carbons (Fsp3) is 0.417. The molecule has 98 valence electrons. The number of amidine groups is 1. The van der Waals surface area contributed by atoms with E-state index in [1.807, 2.05) is 18.8 Å². The highest BCUT2D eigenvalue weighted by Gasteiger charge is 2.23. The van der Waals surface area contributed by atoms with Crippen LogP contribution in [0.25, 0.3) is 0 Å². The summed E-state index contributed by atoms with van der Waals surface area (Å²) in [5.74, 6) is 1.72. The van der Waals surface area contributed by atoms with Crippen molar-refractivity contribution in [1.29, 1.82) is 0 Å². The molecule has 18 heavy (non-hydrogen) atoms. The van der Waals surface area contributed by atoms with Crippen molar-refractivity contribution in [3.8, 4) is 0 Å². The molecule has 1 saturated heterocycles. The van der Waals surface area contributed by atoms with E-state index in [1.165, 1.54) is 12.1 Å². The van der Waals surface area contributed by atoms with Gasteiger partial charge in [0.05, 0.1) is 0 Å². The highest BCUT2D eigenvalue weighted by Crippen LogP contribution is 2.28. The lowest BCUT2D eigenvalue weighted by molar-refractivity contribution is 0.318. The zero-order chi connectivity index (χ0) is 13.1. The molecule has 1 aliphatic heterocycles. The van der Waals surface area contributed by atoms with Crippen molar-refractivity contribution in [3.05, 3.63) is 29.6 Å². The van der Waals surface area contributed by atoms with Crippen molar-refractivity contribution < 1.29 is 9.60 Å². The van der Waals surface area contributed by atoms with E-state index < -0.39 is 5.82 Å². The van der Waals surface area contributed by atoms with Crippen molar-refractivity contribution in [2.45, 2.75) is 12.5 Å². The smallest absolute Gasteiger partial charge is 0.172 e. The first-order valence-electron chi connectivity index (χ1n) is 5.71. The molecule has 0 amide bonds. The van der Waals surface area contributed by atoms with Crippen LogP contribution in [0.4, 0.5) is 10.1 Å². The molecule has 4 nitrogen and oxygen atoms in total. The Balaban J connectivity index is 2.36. The van der Waals surface area contributed by atoms with Crippen molar-refractivity contribution in [2.75, 3.05) is 23.5 Å². The van der Waals surface area contributed by atoms with Gasteiger partial charge in [-0.15, -0.1) is 0 Å². The van der Waals surface area contributed by atoms with E-state index in [9.17, 15) is 4.39 Å². The number of hydrogen-bond acceptors (Lipinski definition) is 4. The van der Waals surface area contributed by atoms with Crippen LogP contribution in [0.2, 0.25) is 0 Å². The quantitative estimate of drug-likeness (QED) is 0.380. The predicted octanol–water partition coefficient (Wildman–Crippen LogP) is 1.86. The SMILES string of the molecule is CN(c1ccc(F)cc1C(N)=NO)C1CCSC1.